The van der Waals surface area contributed by atoms with Crippen molar-refractivity contribution in [3.05, 3.63) is 214 Å². The van der Waals surface area contributed by atoms with E-state index in [0.29, 0.717) is 54.3 Å². The number of ether oxygens (including phenoxy) is 6. The first-order valence-corrected chi connectivity index (χ1v) is 24.2. The number of carbonyl (C=O) groups is 2. The minimum Gasteiger partial charge on any atom is -0.497 e. The van der Waals surface area contributed by atoms with Gasteiger partial charge >= 0.3 is 11.9 Å². The molecule has 8 heteroatoms. The van der Waals surface area contributed by atoms with E-state index in [9.17, 15) is 9.59 Å². The molecule has 2 aliphatic carbocycles. The third kappa shape index (κ3) is 11.5. The number of hydrogen-bond acceptors (Lipinski definition) is 8. The zero-order valence-corrected chi connectivity index (χ0v) is 41.5. The Hall–Kier alpha value is -6.64. The first-order chi connectivity index (χ1) is 33.4. The minimum absolute atomic E-state index is 0.193. The molecule has 5 aromatic carbocycles. The van der Waals surface area contributed by atoms with Crippen LogP contribution in [0.15, 0.2) is 186 Å². The highest BCUT2D eigenvalue weighted by atomic mass is 16.6. The van der Waals surface area contributed by atoms with E-state index < -0.39 is 35.2 Å². The number of rotatable bonds is 14. The van der Waals surface area contributed by atoms with E-state index in [1.165, 1.54) is 11.1 Å². The van der Waals surface area contributed by atoms with Crippen LogP contribution in [0.25, 0.3) is 0 Å². The lowest BCUT2D eigenvalue weighted by Gasteiger charge is -2.39. The maximum atomic E-state index is 14.4. The summed E-state index contributed by atoms with van der Waals surface area (Å²) in [7, 11) is 4.88. The van der Waals surface area contributed by atoms with Crippen molar-refractivity contribution in [1.82, 2.24) is 0 Å². The SMILES string of the molecule is COC1=C([C@H](C)COC(c2ccccc2)(c2ccccc2)c2ccccc2)[C@H]2C/C=C(\C)[C@@H](OC(=O)c3ccc(OC)cc3)CC/C(C)=C/CC/C(C)=C/C[C@]2(C)[C@@H]1OC(=O)c1ccc(OC)cc1. The molecule has 0 spiro atoms. The number of allylic oxidation sites excluding steroid dienone is 5. The average molecular weight is 929 g/mol. The fourth-order valence-corrected chi connectivity index (χ4v) is 10.1. The third-order valence-corrected chi connectivity index (χ3v) is 14.2. The number of esters is 2. The van der Waals surface area contributed by atoms with Gasteiger partial charge in [-0.3, -0.25) is 0 Å². The quantitative estimate of drug-likeness (QED) is 0.0618. The van der Waals surface area contributed by atoms with Crippen molar-refractivity contribution in [2.45, 2.75) is 91.0 Å². The molecule has 0 bridgehead atoms. The van der Waals surface area contributed by atoms with Gasteiger partial charge in [0.2, 0.25) is 0 Å². The van der Waals surface area contributed by atoms with Crippen LogP contribution in [0.3, 0.4) is 0 Å². The Kier molecular flexibility index (Phi) is 16.8. The molecule has 0 unspecified atom stereocenters. The second kappa shape index (κ2) is 23.1. The van der Waals surface area contributed by atoms with Gasteiger partial charge in [0.05, 0.1) is 39.1 Å². The van der Waals surface area contributed by atoms with Gasteiger partial charge in [-0.05, 0) is 142 Å². The molecule has 2 aliphatic rings. The Balaban J connectivity index is 1.34. The lowest BCUT2D eigenvalue weighted by atomic mass is 9.69. The fourth-order valence-electron chi connectivity index (χ4n) is 10.1. The van der Waals surface area contributed by atoms with Crippen LogP contribution in [-0.4, -0.2) is 52.1 Å². The van der Waals surface area contributed by atoms with Crippen molar-refractivity contribution in [2.75, 3.05) is 27.9 Å². The van der Waals surface area contributed by atoms with Gasteiger partial charge in [0.25, 0.3) is 0 Å². The molecule has 0 aromatic heterocycles. The lowest BCUT2D eigenvalue weighted by Crippen LogP contribution is -2.39. The van der Waals surface area contributed by atoms with E-state index in [1.807, 2.05) is 18.2 Å². The predicted octanol–water partition coefficient (Wildman–Crippen LogP) is 13.8. The number of fused-ring (bicyclic) bond motifs is 1. The minimum atomic E-state index is -0.959. The molecule has 5 aromatic rings. The van der Waals surface area contributed by atoms with Crippen LogP contribution in [-0.2, 0) is 24.5 Å². The maximum absolute atomic E-state index is 14.4. The Morgan fingerprint density at radius 2 is 1.12 bits per heavy atom. The molecule has 0 saturated heterocycles. The molecule has 69 heavy (non-hydrogen) atoms. The van der Waals surface area contributed by atoms with Gasteiger partial charge in [-0.1, -0.05) is 134 Å². The standard InChI is InChI=1S/C61H68O8/c1-42-19-18-20-43(2)39-40-60(5)53(37-28-44(3)54(38-27-42)68-58(62)46-29-33-51(64-6)34-30-46)55(56(66-8)57(60)69-59(63)47-31-35-52(65-7)36-32-47)45(4)41-67-61(48-21-12-9-13-22-48,49-23-14-10-15-24-49)50-25-16-11-17-26-50/h9-17,19,21-26,28-36,39,45,53-54,57H,18,20,27,37-38,40-41H2,1-8H3/b42-19+,43-39+,44-28+/t45-,53-,54+,57-,60+/m1/s1. The molecule has 0 heterocycles. The number of methoxy groups -OCH3 is 3. The molecule has 360 valence electrons. The number of carbonyl (C=O) groups excluding carboxylic acids is 2. The summed E-state index contributed by atoms with van der Waals surface area (Å²) < 4.78 is 37.9. The average Bonchev–Trinajstić information content (AvgIpc) is 3.62. The van der Waals surface area contributed by atoms with Gasteiger partial charge in [0.15, 0.2) is 6.10 Å². The van der Waals surface area contributed by atoms with Crippen LogP contribution in [0.5, 0.6) is 11.5 Å². The molecular weight excluding hydrogens is 861 g/mol. The van der Waals surface area contributed by atoms with Crippen molar-refractivity contribution in [2.24, 2.45) is 17.3 Å². The summed E-state index contributed by atoms with van der Waals surface area (Å²) in [5, 5.41) is 0. The van der Waals surface area contributed by atoms with Gasteiger partial charge < -0.3 is 28.4 Å². The fraction of sp³-hybridized carbons (Fsp3) is 0.344. The lowest BCUT2D eigenvalue weighted by molar-refractivity contribution is -0.0193. The van der Waals surface area contributed by atoms with Gasteiger partial charge in [-0.15, -0.1) is 0 Å². The summed E-state index contributed by atoms with van der Waals surface area (Å²) >= 11 is 0. The molecule has 0 N–H and O–H groups in total. The second-order valence-electron chi connectivity index (χ2n) is 18.8. The molecule has 8 nitrogen and oxygen atoms in total. The predicted molar refractivity (Wildman–Crippen MR) is 273 cm³/mol. The van der Waals surface area contributed by atoms with E-state index in [4.69, 9.17) is 28.4 Å². The first kappa shape index (κ1) is 50.2. The van der Waals surface area contributed by atoms with Crippen LogP contribution in [0.4, 0.5) is 0 Å². The zero-order valence-electron chi connectivity index (χ0n) is 41.5. The summed E-state index contributed by atoms with van der Waals surface area (Å²) in [5.41, 5.74) is 6.75. The highest BCUT2D eigenvalue weighted by Crippen LogP contribution is 2.56. The topological polar surface area (TPSA) is 89.5 Å². The molecule has 5 atom stereocenters. The Bertz CT molecular complexity index is 2510. The number of hydrogen-bond donors (Lipinski definition) is 0. The summed E-state index contributed by atoms with van der Waals surface area (Å²) in [6, 6.07) is 45.2. The Labute approximate surface area is 409 Å². The van der Waals surface area contributed by atoms with Crippen molar-refractivity contribution < 1.29 is 38.0 Å². The normalized spacial score (nSPS) is 23.0. The maximum Gasteiger partial charge on any atom is 0.338 e. The zero-order chi connectivity index (χ0) is 49.0. The van der Waals surface area contributed by atoms with E-state index in [2.05, 4.69) is 126 Å². The Morgan fingerprint density at radius 3 is 1.61 bits per heavy atom. The molecule has 0 aliphatic heterocycles. The van der Waals surface area contributed by atoms with Crippen molar-refractivity contribution in [3.63, 3.8) is 0 Å². The van der Waals surface area contributed by atoms with E-state index in [-0.39, 0.29) is 11.8 Å². The summed E-state index contributed by atoms with van der Waals surface area (Å²) in [4.78, 5) is 28.2. The van der Waals surface area contributed by atoms with Crippen LogP contribution >= 0.6 is 0 Å². The van der Waals surface area contributed by atoms with E-state index in [0.717, 1.165) is 47.1 Å². The van der Waals surface area contributed by atoms with Crippen molar-refractivity contribution in [3.8, 4) is 11.5 Å². The smallest absolute Gasteiger partial charge is 0.338 e. The first-order valence-electron chi connectivity index (χ1n) is 24.2. The van der Waals surface area contributed by atoms with Gasteiger partial charge in [0.1, 0.15) is 29.0 Å². The van der Waals surface area contributed by atoms with Gasteiger partial charge in [0, 0.05) is 11.3 Å². The van der Waals surface area contributed by atoms with Crippen molar-refractivity contribution in [1.29, 1.82) is 0 Å². The summed E-state index contributed by atoms with van der Waals surface area (Å²) in [6.45, 7) is 11.1. The van der Waals surface area contributed by atoms with Crippen molar-refractivity contribution >= 4 is 11.9 Å². The molecule has 0 amide bonds. The third-order valence-electron chi connectivity index (χ3n) is 14.2. The van der Waals surface area contributed by atoms with E-state index in [1.54, 1.807) is 69.9 Å². The molecule has 7 rings (SSSR count). The molecular formula is C61H68O8. The van der Waals surface area contributed by atoms with Crippen LogP contribution in [0, 0.1) is 17.3 Å². The Morgan fingerprint density at radius 1 is 0.623 bits per heavy atom. The van der Waals surface area contributed by atoms with Crippen LogP contribution in [0.2, 0.25) is 0 Å². The largest absolute Gasteiger partial charge is 0.497 e. The summed E-state index contributed by atoms with van der Waals surface area (Å²) in [6.07, 6.45) is 9.94. The van der Waals surface area contributed by atoms with Crippen LogP contribution in [0.1, 0.15) is 111 Å². The van der Waals surface area contributed by atoms with E-state index >= 15 is 0 Å². The molecule has 0 radical (unpaired) electrons. The highest BCUT2D eigenvalue weighted by Gasteiger charge is 2.55. The monoisotopic (exact) mass is 928 g/mol. The molecule has 0 fully saturated rings. The van der Waals surface area contributed by atoms with Gasteiger partial charge in [-0.2, -0.15) is 0 Å². The second-order valence-corrected chi connectivity index (χ2v) is 18.8. The number of benzene rings is 5. The van der Waals surface area contributed by atoms with Gasteiger partial charge in [-0.25, -0.2) is 9.59 Å². The summed E-state index contributed by atoms with van der Waals surface area (Å²) in [5.74, 6) is 0.685. The van der Waals surface area contributed by atoms with Crippen LogP contribution < -0.4 is 9.47 Å². The highest BCUT2D eigenvalue weighted by molar-refractivity contribution is 5.90. The molecule has 0 saturated carbocycles.